The Hall–Kier alpha value is -1.71. The Morgan fingerprint density at radius 1 is 1.50 bits per heavy atom. The standard InChI is InChI=1S/C14H19NO3/c1-3-18-13(16)9-10-7-8-15-14-11(10)5-4-6-12(14)17-2/h4-6,10,15H,3,7-9H2,1-2H3. The Bertz CT molecular complexity index is 431. The van der Waals surface area contributed by atoms with Gasteiger partial charge >= 0.3 is 5.97 Å². The fraction of sp³-hybridized carbons (Fsp3) is 0.500. The van der Waals surface area contributed by atoms with Crippen molar-refractivity contribution in [1.82, 2.24) is 0 Å². The van der Waals surface area contributed by atoms with Crippen LogP contribution in [0.25, 0.3) is 0 Å². The number of fused-ring (bicyclic) bond motifs is 1. The summed E-state index contributed by atoms with van der Waals surface area (Å²) < 4.78 is 10.4. The summed E-state index contributed by atoms with van der Waals surface area (Å²) in [4.78, 5) is 11.6. The zero-order valence-electron chi connectivity index (χ0n) is 10.9. The van der Waals surface area contributed by atoms with Gasteiger partial charge in [0, 0.05) is 6.54 Å². The highest BCUT2D eigenvalue weighted by Crippen LogP contribution is 2.39. The molecule has 1 aromatic carbocycles. The van der Waals surface area contributed by atoms with Crippen molar-refractivity contribution in [1.29, 1.82) is 0 Å². The van der Waals surface area contributed by atoms with Crippen LogP contribution in [0.4, 0.5) is 5.69 Å². The fourth-order valence-electron chi connectivity index (χ4n) is 2.41. The summed E-state index contributed by atoms with van der Waals surface area (Å²) in [5.74, 6) is 0.926. The van der Waals surface area contributed by atoms with Crippen LogP contribution in [0, 0.1) is 0 Å². The van der Waals surface area contributed by atoms with Crippen molar-refractivity contribution in [2.75, 3.05) is 25.6 Å². The van der Waals surface area contributed by atoms with Crippen molar-refractivity contribution in [2.45, 2.75) is 25.7 Å². The number of rotatable bonds is 4. The van der Waals surface area contributed by atoms with E-state index < -0.39 is 0 Å². The molecule has 1 aliphatic rings. The molecule has 1 heterocycles. The van der Waals surface area contributed by atoms with Crippen LogP contribution in [0.15, 0.2) is 18.2 Å². The van der Waals surface area contributed by atoms with Crippen LogP contribution in [-0.2, 0) is 9.53 Å². The summed E-state index contributed by atoms with van der Waals surface area (Å²) in [6.45, 7) is 3.13. The molecule has 1 unspecified atom stereocenters. The van der Waals surface area contributed by atoms with Gasteiger partial charge in [0.1, 0.15) is 5.75 Å². The maximum absolute atomic E-state index is 11.6. The molecule has 0 spiro atoms. The van der Waals surface area contributed by atoms with Gasteiger partial charge in [-0.3, -0.25) is 4.79 Å². The zero-order chi connectivity index (χ0) is 13.0. The maximum atomic E-state index is 11.6. The smallest absolute Gasteiger partial charge is 0.306 e. The molecule has 0 saturated carbocycles. The summed E-state index contributed by atoms with van der Waals surface area (Å²) in [6, 6.07) is 5.94. The van der Waals surface area contributed by atoms with Crippen molar-refractivity contribution in [3.63, 3.8) is 0 Å². The molecule has 18 heavy (non-hydrogen) atoms. The third-order valence-corrected chi connectivity index (χ3v) is 3.23. The molecule has 0 fully saturated rings. The van der Waals surface area contributed by atoms with Crippen LogP contribution in [0.5, 0.6) is 5.75 Å². The molecule has 1 aromatic rings. The number of nitrogens with one attached hydrogen (secondary N) is 1. The van der Waals surface area contributed by atoms with Gasteiger partial charge in [0.25, 0.3) is 0 Å². The van der Waals surface area contributed by atoms with Crippen molar-refractivity contribution in [3.8, 4) is 5.75 Å². The van der Waals surface area contributed by atoms with Crippen LogP contribution >= 0.6 is 0 Å². The van der Waals surface area contributed by atoms with E-state index in [1.807, 2.05) is 25.1 Å². The van der Waals surface area contributed by atoms with Gasteiger partial charge in [-0.1, -0.05) is 12.1 Å². The van der Waals surface area contributed by atoms with E-state index >= 15 is 0 Å². The van der Waals surface area contributed by atoms with Gasteiger partial charge in [-0.2, -0.15) is 0 Å². The number of para-hydroxylation sites is 1. The first-order valence-electron chi connectivity index (χ1n) is 6.32. The highest BCUT2D eigenvalue weighted by atomic mass is 16.5. The normalized spacial score (nSPS) is 17.6. The average Bonchev–Trinajstić information content (AvgIpc) is 2.38. The molecular formula is C14H19NO3. The molecule has 0 saturated heterocycles. The van der Waals surface area contributed by atoms with Gasteiger partial charge in [0.2, 0.25) is 0 Å². The van der Waals surface area contributed by atoms with Crippen molar-refractivity contribution in [3.05, 3.63) is 23.8 Å². The minimum Gasteiger partial charge on any atom is -0.495 e. The van der Waals surface area contributed by atoms with E-state index in [1.165, 1.54) is 0 Å². The second kappa shape index (κ2) is 5.76. The van der Waals surface area contributed by atoms with Gasteiger partial charge in [-0.05, 0) is 30.9 Å². The molecule has 4 nitrogen and oxygen atoms in total. The van der Waals surface area contributed by atoms with Gasteiger partial charge in [-0.25, -0.2) is 0 Å². The van der Waals surface area contributed by atoms with Gasteiger partial charge in [0.05, 0.1) is 25.8 Å². The molecule has 4 heteroatoms. The number of hydrogen-bond acceptors (Lipinski definition) is 4. The van der Waals surface area contributed by atoms with Gasteiger partial charge in [0.15, 0.2) is 0 Å². The highest BCUT2D eigenvalue weighted by molar-refractivity contribution is 5.73. The van der Waals surface area contributed by atoms with E-state index in [-0.39, 0.29) is 11.9 Å². The van der Waals surface area contributed by atoms with Crippen molar-refractivity contribution in [2.24, 2.45) is 0 Å². The molecule has 0 radical (unpaired) electrons. The molecule has 0 aliphatic carbocycles. The van der Waals surface area contributed by atoms with Crippen LogP contribution in [0.3, 0.4) is 0 Å². The summed E-state index contributed by atoms with van der Waals surface area (Å²) in [5.41, 5.74) is 2.16. The number of ether oxygens (including phenoxy) is 2. The molecule has 1 aliphatic heterocycles. The van der Waals surface area contributed by atoms with Gasteiger partial charge in [-0.15, -0.1) is 0 Å². The Kier molecular flexibility index (Phi) is 4.07. The summed E-state index contributed by atoms with van der Waals surface area (Å²) >= 11 is 0. The lowest BCUT2D eigenvalue weighted by Crippen LogP contribution is -2.20. The molecule has 0 aromatic heterocycles. The number of hydrogen-bond donors (Lipinski definition) is 1. The van der Waals surface area contributed by atoms with E-state index in [9.17, 15) is 4.79 Å². The summed E-state index contributed by atoms with van der Waals surface area (Å²) in [5, 5.41) is 3.34. The average molecular weight is 249 g/mol. The summed E-state index contributed by atoms with van der Waals surface area (Å²) in [6.07, 6.45) is 1.38. The third kappa shape index (κ3) is 2.58. The minimum absolute atomic E-state index is 0.127. The molecule has 0 bridgehead atoms. The second-order valence-corrected chi connectivity index (χ2v) is 4.35. The van der Waals surface area contributed by atoms with Gasteiger partial charge < -0.3 is 14.8 Å². The van der Waals surface area contributed by atoms with E-state index in [0.29, 0.717) is 13.0 Å². The van der Waals surface area contributed by atoms with E-state index in [0.717, 1.165) is 30.0 Å². The predicted molar refractivity (Wildman–Crippen MR) is 70.1 cm³/mol. The SMILES string of the molecule is CCOC(=O)CC1CCNc2c(OC)cccc21. The molecule has 98 valence electrons. The fourth-order valence-corrected chi connectivity index (χ4v) is 2.41. The van der Waals surface area contributed by atoms with E-state index in [2.05, 4.69) is 5.32 Å². The first-order chi connectivity index (χ1) is 8.76. The lowest BCUT2D eigenvalue weighted by molar-refractivity contribution is -0.143. The molecule has 1 N–H and O–H groups in total. The first kappa shape index (κ1) is 12.7. The Labute approximate surface area is 107 Å². The summed E-state index contributed by atoms with van der Waals surface area (Å²) in [7, 11) is 1.66. The Morgan fingerprint density at radius 3 is 3.06 bits per heavy atom. The number of benzene rings is 1. The van der Waals surface area contributed by atoms with Crippen LogP contribution in [0.2, 0.25) is 0 Å². The monoisotopic (exact) mass is 249 g/mol. The Morgan fingerprint density at radius 2 is 2.33 bits per heavy atom. The number of carbonyl (C=O) groups is 1. The van der Waals surface area contributed by atoms with Crippen LogP contribution in [-0.4, -0.2) is 26.2 Å². The Balaban J connectivity index is 2.20. The molecule has 2 rings (SSSR count). The maximum Gasteiger partial charge on any atom is 0.306 e. The van der Waals surface area contributed by atoms with Crippen molar-refractivity contribution >= 4 is 11.7 Å². The lowest BCUT2D eigenvalue weighted by atomic mass is 9.88. The molecule has 1 atom stereocenters. The van der Waals surface area contributed by atoms with E-state index in [4.69, 9.17) is 9.47 Å². The van der Waals surface area contributed by atoms with E-state index in [1.54, 1.807) is 7.11 Å². The quantitative estimate of drug-likeness (QED) is 0.833. The minimum atomic E-state index is -0.127. The number of anilines is 1. The van der Waals surface area contributed by atoms with Crippen LogP contribution in [0.1, 0.15) is 31.2 Å². The van der Waals surface area contributed by atoms with Crippen molar-refractivity contribution < 1.29 is 14.3 Å². The number of carbonyl (C=O) groups excluding carboxylic acids is 1. The highest BCUT2D eigenvalue weighted by Gasteiger charge is 2.24. The predicted octanol–water partition coefficient (Wildman–Crippen LogP) is 2.55. The number of esters is 1. The second-order valence-electron chi connectivity index (χ2n) is 4.35. The molecular weight excluding hydrogens is 230 g/mol. The van der Waals surface area contributed by atoms with Crippen LogP contribution < -0.4 is 10.1 Å². The number of methoxy groups -OCH3 is 1. The molecule has 0 amide bonds. The largest absolute Gasteiger partial charge is 0.495 e. The topological polar surface area (TPSA) is 47.6 Å². The zero-order valence-corrected chi connectivity index (χ0v) is 10.9. The first-order valence-corrected chi connectivity index (χ1v) is 6.32. The third-order valence-electron chi connectivity index (χ3n) is 3.23. The lowest BCUT2D eigenvalue weighted by Gasteiger charge is -2.27.